The molecule has 0 radical (unpaired) electrons. The first-order valence-electron chi connectivity index (χ1n) is 4.47. The van der Waals surface area contributed by atoms with Gasteiger partial charge in [0, 0.05) is 5.38 Å². The number of hydrogen-bond donors (Lipinski definition) is 0. The molecule has 0 spiro atoms. The molecule has 0 aromatic carbocycles. The molecule has 0 nitrogen and oxygen atoms in total. The Morgan fingerprint density at radius 2 is 2.00 bits per heavy atom. The van der Waals surface area contributed by atoms with E-state index in [9.17, 15) is 0 Å². The Bertz CT molecular complexity index is 90.7. The summed E-state index contributed by atoms with van der Waals surface area (Å²) in [6.45, 7) is 2.28. The molecule has 1 aliphatic rings. The maximum atomic E-state index is 6.09. The topological polar surface area (TPSA) is 0 Å². The lowest BCUT2D eigenvalue weighted by molar-refractivity contribution is 0.449. The molecule has 10 heavy (non-hydrogen) atoms. The summed E-state index contributed by atoms with van der Waals surface area (Å²) in [4.78, 5) is 0. The van der Waals surface area contributed by atoms with Crippen molar-refractivity contribution in [1.82, 2.24) is 0 Å². The van der Waals surface area contributed by atoms with Gasteiger partial charge < -0.3 is 0 Å². The highest BCUT2D eigenvalue weighted by molar-refractivity contribution is 6.20. The quantitative estimate of drug-likeness (QED) is 0.406. The summed E-state index contributed by atoms with van der Waals surface area (Å²) >= 11 is 6.09. The lowest BCUT2D eigenvalue weighted by Gasteiger charge is -2.12. The third-order valence-electron chi connectivity index (χ3n) is 2.55. The average molecular weight is 161 g/mol. The van der Waals surface area contributed by atoms with Crippen LogP contribution in [0.1, 0.15) is 45.4 Å². The Morgan fingerprint density at radius 1 is 1.30 bits per heavy atom. The highest BCUT2D eigenvalue weighted by Crippen LogP contribution is 2.28. The molecule has 1 heteroatoms. The summed E-state index contributed by atoms with van der Waals surface area (Å²) in [7, 11) is 0. The van der Waals surface area contributed by atoms with E-state index in [4.69, 9.17) is 11.6 Å². The van der Waals surface area contributed by atoms with E-state index in [2.05, 4.69) is 6.92 Å². The Kier molecular flexibility index (Phi) is 3.55. The molecule has 0 saturated heterocycles. The molecule has 60 valence electrons. The molecule has 0 aromatic rings. The minimum absolute atomic E-state index is 0.479. The van der Waals surface area contributed by atoms with Crippen molar-refractivity contribution in [3.63, 3.8) is 0 Å². The van der Waals surface area contributed by atoms with Crippen LogP contribution in [-0.2, 0) is 0 Å². The van der Waals surface area contributed by atoms with Crippen LogP contribution in [0.4, 0.5) is 0 Å². The predicted molar refractivity (Wildman–Crippen MR) is 46.5 cm³/mol. The monoisotopic (exact) mass is 160 g/mol. The van der Waals surface area contributed by atoms with Crippen LogP contribution in [0.3, 0.4) is 0 Å². The van der Waals surface area contributed by atoms with E-state index in [0.717, 1.165) is 5.92 Å². The molecule has 1 aliphatic carbocycles. The maximum absolute atomic E-state index is 6.09. The van der Waals surface area contributed by atoms with Gasteiger partial charge in [0.05, 0.1) is 0 Å². The van der Waals surface area contributed by atoms with Crippen molar-refractivity contribution in [1.29, 1.82) is 0 Å². The highest BCUT2D eigenvalue weighted by atomic mass is 35.5. The molecule has 0 bridgehead atoms. The van der Waals surface area contributed by atoms with Gasteiger partial charge in [0.15, 0.2) is 0 Å². The summed E-state index contributed by atoms with van der Waals surface area (Å²) in [5.41, 5.74) is 0. The van der Waals surface area contributed by atoms with Crippen LogP contribution in [0.5, 0.6) is 0 Å². The largest absolute Gasteiger partial charge is 0.123 e. The summed E-state index contributed by atoms with van der Waals surface area (Å²) in [6, 6.07) is 0. The zero-order chi connectivity index (χ0) is 7.40. The van der Waals surface area contributed by atoms with Crippen molar-refractivity contribution in [2.45, 2.75) is 50.8 Å². The van der Waals surface area contributed by atoms with Crippen molar-refractivity contribution in [2.75, 3.05) is 0 Å². The first-order chi connectivity index (χ1) is 4.83. The second-order valence-electron chi connectivity index (χ2n) is 3.39. The van der Waals surface area contributed by atoms with E-state index >= 15 is 0 Å². The Morgan fingerprint density at radius 3 is 2.70 bits per heavy atom. The standard InChI is InChI=1S/C9H17Cl/c1-2-8-5-3-4-6-9(10)7-8/h8-9H,2-7H2,1H3. The van der Waals surface area contributed by atoms with Crippen LogP contribution in [0.2, 0.25) is 0 Å². The first-order valence-corrected chi connectivity index (χ1v) is 4.90. The van der Waals surface area contributed by atoms with Gasteiger partial charge in [0.1, 0.15) is 0 Å². The molecule has 0 aliphatic heterocycles. The van der Waals surface area contributed by atoms with Crippen LogP contribution in [0.25, 0.3) is 0 Å². The SMILES string of the molecule is CCC1CCCCC(Cl)C1. The van der Waals surface area contributed by atoms with Gasteiger partial charge in [-0.3, -0.25) is 0 Å². The van der Waals surface area contributed by atoms with Crippen molar-refractivity contribution in [3.8, 4) is 0 Å². The van der Waals surface area contributed by atoms with Crippen LogP contribution < -0.4 is 0 Å². The molecule has 1 rings (SSSR count). The van der Waals surface area contributed by atoms with Gasteiger partial charge >= 0.3 is 0 Å². The van der Waals surface area contributed by atoms with Gasteiger partial charge in [-0.15, -0.1) is 11.6 Å². The van der Waals surface area contributed by atoms with Crippen LogP contribution in [0.15, 0.2) is 0 Å². The normalized spacial score (nSPS) is 35.4. The van der Waals surface area contributed by atoms with E-state index < -0.39 is 0 Å². The van der Waals surface area contributed by atoms with E-state index in [1.54, 1.807) is 0 Å². The molecular weight excluding hydrogens is 144 g/mol. The zero-order valence-corrected chi connectivity index (χ0v) is 7.53. The Hall–Kier alpha value is 0.290. The Labute approximate surface area is 69.0 Å². The van der Waals surface area contributed by atoms with Gasteiger partial charge in [-0.1, -0.05) is 32.6 Å². The van der Waals surface area contributed by atoms with Crippen molar-refractivity contribution >= 4 is 11.6 Å². The van der Waals surface area contributed by atoms with Crippen LogP contribution in [-0.4, -0.2) is 5.38 Å². The van der Waals surface area contributed by atoms with Gasteiger partial charge in [-0.2, -0.15) is 0 Å². The number of alkyl halides is 1. The summed E-state index contributed by atoms with van der Waals surface area (Å²) in [5, 5.41) is 0.479. The van der Waals surface area contributed by atoms with Crippen molar-refractivity contribution < 1.29 is 0 Å². The molecular formula is C9H17Cl. The lowest BCUT2D eigenvalue weighted by atomic mass is 9.98. The zero-order valence-electron chi connectivity index (χ0n) is 6.78. The van der Waals surface area contributed by atoms with Gasteiger partial charge in [0.2, 0.25) is 0 Å². The molecule has 1 fully saturated rings. The molecule has 0 amide bonds. The molecule has 0 N–H and O–H groups in total. The van der Waals surface area contributed by atoms with Gasteiger partial charge in [-0.05, 0) is 18.8 Å². The lowest BCUT2D eigenvalue weighted by Crippen LogP contribution is -2.03. The fraction of sp³-hybridized carbons (Fsp3) is 1.00. The second-order valence-corrected chi connectivity index (χ2v) is 4.01. The van der Waals surface area contributed by atoms with E-state index in [0.29, 0.717) is 5.38 Å². The van der Waals surface area contributed by atoms with E-state index in [1.807, 2.05) is 0 Å². The first kappa shape index (κ1) is 8.39. The molecule has 0 heterocycles. The van der Waals surface area contributed by atoms with E-state index in [-0.39, 0.29) is 0 Å². The molecule has 0 aromatic heterocycles. The fourth-order valence-electron chi connectivity index (χ4n) is 1.77. The minimum Gasteiger partial charge on any atom is -0.123 e. The third-order valence-corrected chi connectivity index (χ3v) is 2.94. The maximum Gasteiger partial charge on any atom is 0.0338 e. The average Bonchev–Trinajstić information content (AvgIpc) is 2.13. The van der Waals surface area contributed by atoms with Gasteiger partial charge in [0.25, 0.3) is 0 Å². The summed E-state index contributed by atoms with van der Waals surface area (Å²) in [5.74, 6) is 0.921. The number of hydrogen-bond acceptors (Lipinski definition) is 0. The summed E-state index contributed by atoms with van der Waals surface area (Å²) < 4.78 is 0. The number of rotatable bonds is 1. The smallest absolute Gasteiger partial charge is 0.0338 e. The third kappa shape index (κ3) is 2.49. The predicted octanol–water partition coefficient (Wildman–Crippen LogP) is 3.58. The Balaban J connectivity index is 2.30. The van der Waals surface area contributed by atoms with Crippen LogP contribution >= 0.6 is 11.6 Å². The van der Waals surface area contributed by atoms with Gasteiger partial charge in [-0.25, -0.2) is 0 Å². The fourth-order valence-corrected chi connectivity index (χ4v) is 2.17. The van der Waals surface area contributed by atoms with E-state index in [1.165, 1.54) is 38.5 Å². The second kappa shape index (κ2) is 4.23. The number of halogens is 1. The van der Waals surface area contributed by atoms with Crippen molar-refractivity contribution in [3.05, 3.63) is 0 Å². The minimum atomic E-state index is 0.479. The van der Waals surface area contributed by atoms with Crippen LogP contribution in [0, 0.1) is 5.92 Å². The summed E-state index contributed by atoms with van der Waals surface area (Å²) in [6.07, 6.45) is 8.01. The molecule has 2 unspecified atom stereocenters. The molecule has 2 atom stereocenters. The highest BCUT2D eigenvalue weighted by Gasteiger charge is 2.16. The van der Waals surface area contributed by atoms with Crippen molar-refractivity contribution in [2.24, 2.45) is 5.92 Å². The molecule has 1 saturated carbocycles.